The molecule has 220 valence electrons. The number of fused-ring (bicyclic) bond motifs is 2. The van der Waals surface area contributed by atoms with Crippen molar-refractivity contribution in [3.8, 4) is 11.5 Å². The lowest BCUT2D eigenvalue weighted by Gasteiger charge is -2.34. The molecule has 1 fully saturated rings. The van der Waals surface area contributed by atoms with Gasteiger partial charge in [-0.25, -0.2) is 19.2 Å². The van der Waals surface area contributed by atoms with Crippen LogP contribution in [0.15, 0.2) is 70.5 Å². The van der Waals surface area contributed by atoms with Crippen LogP contribution in [-0.2, 0) is 6.54 Å². The quantitative estimate of drug-likeness (QED) is 0.204. The Morgan fingerprint density at radius 2 is 1.65 bits per heavy atom. The zero-order chi connectivity index (χ0) is 30.2. The Labute approximate surface area is 243 Å². The summed E-state index contributed by atoms with van der Waals surface area (Å²) in [4.78, 5) is 49.6. The van der Waals surface area contributed by atoms with Crippen molar-refractivity contribution in [2.75, 3.05) is 32.2 Å². The van der Waals surface area contributed by atoms with E-state index in [1.165, 1.54) is 45.8 Å². The predicted octanol–water partition coefficient (Wildman–Crippen LogP) is 4.06. The fourth-order valence-electron chi connectivity index (χ4n) is 5.70. The molecule has 1 aliphatic rings. The smallest absolute Gasteiger partial charge is 0.332 e. The van der Waals surface area contributed by atoms with Gasteiger partial charge < -0.3 is 14.4 Å². The molecule has 0 atom stereocenters. The molecule has 0 radical (unpaired) electrons. The van der Waals surface area contributed by atoms with E-state index in [0.29, 0.717) is 54.3 Å². The lowest BCUT2D eigenvalue weighted by Crippen LogP contribution is -2.46. The number of nitro groups is 1. The summed E-state index contributed by atoms with van der Waals surface area (Å²) in [5.74, 6) is 1.37. The van der Waals surface area contributed by atoms with Crippen LogP contribution in [0, 0.1) is 15.9 Å². The monoisotopic (exact) mass is 586 g/mol. The highest BCUT2D eigenvalue weighted by Crippen LogP contribution is 2.36. The van der Waals surface area contributed by atoms with Crippen LogP contribution in [0.2, 0.25) is 0 Å². The van der Waals surface area contributed by atoms with Crippen molar-refractivity contribution in [3.63, 3.8) is 0 Å². The summed E-state index contributed by atoms with van der Waals surface area (Å²) in [5, 5.41) is 12.4. The second kappa shape index (κ2) is 11.2. The van der Waals surface area contributed by atoms with Crippen LogP contribution in [0.25, 0.3) is 21.8 Å². The Bertz CT molecular complexity index is 1980. The minimum Gasteiger partial charge on any atom is -0.493 e. The van der Waals surface area contributed by atoms with Crippen LogP contribution in [-0.4, -0.2) is 51.3 Å². The van der Waals surface area contributed by atoms with Crippen LogP contribution in [0.5, 0.6) is 11.5 Å². The number of hydrogen-bond donors (Lipinski definition) is 0. The van der Waals surface area contributed by atoms with Gasteiger partial charge in [0.1, 0.15) is 18.0 Å². The number of anilines is 1. The fourth-order valence-corrected chi connectivity index (χ4v) is 5.70. The topological polar surface area (TPSA) is 135 Å². The summed E-state index contributed by atoms with van der Waals surface area (Å²) in [6, 6.07) is 12.7. The fraction of sp³-hybridized carbons (Fsp3) is 0.267. The first-order valence-electron chi connectivity index (χ1n) is 13.6. The maximum Gasteiger partial charge on any atom is 0.332 e. The Hall–Kier alpha value is -5.33. The molecule has 1 aliphatic heterocycles. The van der Waals surface area contributed by atoms with Crippen molar-refractivity contribution in [2.45, 2.75) is 25.4 Å². The minimum atomic E-state index is -0.582. The third kappa shape index (κ3) is 5.02. The molecule has 0 unspecified atom stereocenters. The molecule has 0 spiro atoms. The number of aromatic nitrogens is 4. The van der Waals surface area contributed by atoms with Gasteiger partial charge in [-0.3, -0.25) is 24.0 Å². The SMILES string of the molecule is COc1cc2ncnc(N3CCC(n4c(=O)c5cc([N+](=O)[O-])ccc5n(Cc5ccc(F)cc5)c4=O)CC3)c2cc1OC. The zero-order valence-electron chi connectivity index (χ0n) is 23.4. The highest BCUT2D eigenvalue weighted by Gasteiger charge is 2.28. The number of ether oxygens (including phenoxy) is 2. The number of halogens is 1. The minimum absolute atomic E-state index is 0.0603. The van der Waals surface area contributed by atoms with E-state index in [2.05, 4.69) is 14.9 Å². The van der Waals surface area contributed by atoms with Gasteiger partial charge in [0, 0.05) is 42.7 Å². The molecule has 0 bridgehead atoms. The molecular weight excluding hydrogens is 559 g/mol. The van der Waals surface area contributed by atoms with E-state index < -0.39 is 28.0 Å². The van der Waals surface area contributed by atoms with Crippen molar-refractivity contribution < 1.29 is 18.8 Å². The van der Waals surface area contributed by atoms with Crippen molar-refractivity contribution in [1.29, 1.82) is 0 Å². The van der Waals surface area contributed by atoms with E-state index in [-0.39, 0.29) is 23.1 Å². The van der Waals surface area contributed by atoms with Crippen LogP contribution in [0.1, 0.15) is 24.4 Å². The number of nitrogens with zero attached hydrogens (tertiary/aromatic N) is 6. The van der Waals surface area contributed by atoms with Gasteiger partial charge in [-0.05, 0) is 42.7 Å². The van der Waals surface area contributed by atoms with Gasteiger partial charge in [-0.2, -0.15) is 0 Å². The lowest BCUT2D eigenvalue weighted by atomic mass is 10.0. The normalized spacial score (nSPS) is 13.9. The molecule has 0 aliphatic carbocycles. The van der Waals surface area contributed by atoms with Crippen molar-refractivity contribution in [3.05, 3.63) is 103 Å². The van der Waals surface area contributed by atoms with Crippen LogP contribution in [0.4, 0.5) is 15.9 Å². The first-order valence-corrected chi connectivity index (χ1v) is 13.6. The van der Waals surface area contributed by atoms with Crippen molar-refractivity contribution >= 4 is 33.3 Å². The maximum atomic E-state index is 13.9. The van der Waals surface area contributed by atoms with E-state index in [9.17, 15) is 24.1 Å². The van der Waals surface area contributed by atoms with Crippen molar-refractivity contribution in [1.82, 2.24) is 19.1 Å². The Morgan fingerprint density at radius 3 is 2.33 bits per heavy atom. The summed E-state index contributed by atoms with van der Waals surface area (Å²) < 4.78 is 27.0. The number of methoxy groups -OCH3 is 2. The highest BCUT2D eigenvalue weighted by molar-refractivity contribution is 5.92. The van der Waals surface area contributed by atoms with E-state index >= 15 is 0 Å². The predicted molar refractivity (Wildman–Crippen MR) is 158 cm³/mol. The molecule has 0 N–H and O–H groups in total. The lowest BCUT2D eigenvalue weighted by molar-refractivity contribution is -0.384. The van der Waals surface area contributed by atoms with Crippen molar-refractivity contribution in [2.24, 2.45) is 0 Å². The molecule has 6 rings (SSSR count). The Kier molecular flexibility index (Phi) is 7.22. The van der Waals surface area contributed by atoms with E-state index in [4.69, 9.17) is 9.47 Å². The average molecular weight is 587 g/mol. The largest absolute Gasteiger partial charge is 0.493 e. The third-order valence-corrected chi connectivity index (χ3v) is 7.87. The highest BCUT2D eigenvalue weighted by atomic mass is 19.1. The molecule has 5 aromatic rings. The van der Waals surface area contributed by atoms with Gasteiger partial charge >= 0.3 is 5.69 Å². The molecule has 3 heterocycles. The van der Waals surface area contributed by atoms with E-state index in [1.807, 2.05) is 6.07 Å². The molecule has 43 heavy (non-hydrogen) atoms. The first-order chi connectivity index (χ1) is 20.8. The van der Waals surface area contributed by atoms with Gasteiger partial charge in [0.25, 0.3) is 11.2 Å². The number of non-ortho nitro benzene ring substituents is 1. The number of piperidine rings is 1. The molecule has 12 nitrogen and oxygen atoms in total. The number of benzene rings is 3. The van der Waals surface area contributed by atoms with E-state index in [1.54, 1.807) is 32.4 Å². The molecule has 0 saturated carbocycles. The molecule has 13 heteroatoms. The Balaban J connectivity index is 1.38. The molecular formula is C30H27FN6O6. The second-order valence-corrected chi connectivity index (χ2v) is 10.3. The number of nitro benzene ring substituents is 1. The van der Waals surface area contributed by atoms with Gasteiger partial charge in [0.15, 0.2) is 11.5 Å². The van der Waals surface area contributed by atoms with Crippen LogP contribution < -0.4 is 25.6 Å². The maximum absolute atomic E-state index is 13.9. The molecule has 1 saturated heterocycles. The van der Waals surface area contributed by atoms with Gasteiger partial charge in [0.2, 0.25) is 0 Å². The van der Waals surface area contributed by atoms with E-state index in [0.717, 1.165) is 5.39 Å². The Morgan fingerprint density at radius 1 is 0.953 bits per heavy atom. The third-order valence-electron chi connectivity index (χ3n) is 7.87. The summed E-state index contributed by atoms with van der Waals surface area (Å²) >= 11 is 0. The standard InChI is InChI=1S/C30H27FN6O6/c1-42-26-14-22-24(15-27(26)43-2)32-17-33-28(22)34-11-9-20(10-12-34)36-29(38)23-13-21(37(40)41)7-8-25(23)35(30(36)39)16-18-3-5-19(31)6-4-18/h3-8,13-15,17,20H,9-12,16H2,1-2H3. The van der Waals surface area contributed by atoms with Gasteiger partial charge in [-0.15, -0.1) is 0 Å². The average Bonchev–Trinajstić information content (AvgIpc) is 3.03. The molecule has 2 aromatic heterocycles. The van der Waals surface area contributed by atoms with Gasteiger partial charge in [-0.1, -0.05) is 12.1 Å². The number of hydrogen-bond acceptors (Lipinski definition) is 9. The molecule has 3 aromatic carbocycles. The summed E-state index contributed by atoms with van der Waals surface area (Å²) in [6.45, 7) is 1.04. The first kappa shape index (κ1) is 27.8. The number of rotatable bonds is 7. The molecule has 0 amide bonds. The van der Waals surface area contributed by atoms with Gasteiger partial charge in [0.05, 0.1) is 42.1 Å². The summed E-state index contributed by atoms with van der Waals surface area (Å²) in [6.07, 6.45) is 2.38. The summed E-state index contributed by atoms with van der Waals surface area (Å²) in [5.41, 5.74) is 0.239. The second-order valence-electron chi connectivity index (χ2n) is 10.3. The zero-order valence-corrected chi connectivity index (χ0v) is 23.4. The van der Waals surface area contributed by atoms with Crippen LogP contribution >= 0.6 is 0 Å². The summed E-state index contributed by atoms with van der Waals surface area (Å²) in [7, 11) is 3.11. The van der Waals surface area contributed by atoms with Crippen LogP contribution in [0.3, 0.4) is 0 Å².